The molecule has 1 aromatic heterocycles. The van der Waals surface area contributed by atoms with Crippen molar-refractivity contribution in [2.24, 2.45) is 0 Å². The summed E-state index contributed by atoms with van der Waals surface area (Å²) < 4.78 is 5.85. The molecule has 1 saturated carbocycles. The molecule has 1 aliphatic rings. The van der Waals surface area contributed by atoms with E-state index in [1.807, 2.05) is 0 Å². The molecule has 2 rings (SSSR count). The quantitative estimate of drug-likeness (QED) is 0.682. The topological polar surface area (TPSA) is 77.3 Å². The summed E-state index contributed by atoms with van der Waals surface area (Å²) >= 11 is 3.35. The number of ether oxygens (including phenoxy) is 1. The molecule has 1 aromatic rings. The highest BCUT2D eigenvalue weighted by molar-refractivity contribution is 9.10. The molecule has 0 atom stereocenters. The predicted molar refractivity (Wildman–Crippen MR) is 70.8 cm³/mol. The van der Waals surface area contributed by atoms with Gasteiger partial charge in [0.15, 0.2) is 0 Å². The van der Waals surface area contributed by atoms with Gasteiger partial charge in [0.1, 0.15) is 12.0 Å². The van der Waals surface area contributed by atoms with Crippen molar-refractivity contribution in [2.45, 2.75) is 31.9 Å². The van der Waals surface area contributed by atoms with Gasteiger partial charge in [-0.25, -0.2) is 4.98 Å². The molecule has 1 fully saturated rings. The molecule has 0 radical (unpaired) electrons. The van der Waals surface area contributed by atoms with Gasteiger partial charge in [0.05, 0.1) is 15.5 Å². The maximum atomic E-state index is 10.8. The van der Waals surface area contributed by atoms with Crippen molar-refractivity contribution in [3.8, 4) is 0 Å². The average molecular weight is 316 g/mol. The van der Waals surface area contributed by atoms with Crippen LogP contribution < -0.4 is 5.32 Å². The minimum Gasteiger partial charge on any atom is -0.381 e. The molecule has 1 heterocycles. The molecule has 0 unspecified atom stereocenters. The highest BCUT2D eigenvalue weighted by atomic mass is 79.9. The number of methoxy groups -OCH3 is 1. The Bertz CT molecular complexity index is 475. The predicted octanol–water partition coefficient (Wildman–Crippen LogP) is 2.65. The third-order valence-corrected chi connectivity index (χ3v) is 4.17. The molecular formula is C11H14BrN3O3. The van der Waals surface area contributed by atoms with Gasteiger partial charge in [-0.2, -0.15) is 0 Å². The van der Waals surface area contributed by atoms with Gasteiger partial charge >= 0.3 is 0 Å². The molecule has 0 aromatic carbocycles. The number of hydrogen-bond acceptors (Lipinski definition) is 5. The molecule has 0 amide bonds. The first-order valence-electron chi connectivity index (χ1n) is 5.61. The van der Waals surface area contributed by atoms with Crippen LogP contribution in [-0.4, -0.2) is 29.2 Å². The van der Waals surface area contributed by atoms with E-state index < -0.39 is 4.92 Å². The Hall–Kier alpha value is -1.21. The molecule has 0 spiro atoms. The SMILES string of the molecule is COC1CC(Nc2ncc([N+](=O)[O-])c(C)c2Br)C1. The number of nitrogens with one attached hydrogen (secondary N) is 1. The van der Waals surface area contributed by atoms with E-state index in [0.29, 0.717) is 28.0 Å². The van der Waals surface area contributed by atoms with Crippen LogP contribution >= 0.6 is 15.9 Å². The second-order valence-electron chi connectivity index (χ2n) is 4.36. The van der Waals surface area contributed by atoms with Crippen molar-refractivity contribution in [3.63, 3.8) is 0 Å². The normalized spacial score (nSPS) is 22.4. The Morgan fingerprint density at radius 3 is 2.83 bits per heavy atom. The Balaban J connectivity index is 2.11. The summed E-state index contributed by atoms with van der Waals surface area (Å²) in [6.07, 6.45) is 3.45. The largest absolute Gasteiger partial charge is 0.381 e. The van der Waals surface area contributed by atoms with Gasteiger partial charge in [-0.3, -0.25) is 10.1 Å². The molecule has 0 saturated heterocycles. The zero-order valence-electron chi connectivity index (χ0n) is 10.1. The lowest BCUT2D eigenvalue weighted by Crippen LogP contribution is -2.40. The van der Waals surface area contributed by atoms with E-state index in [-0.39, 0.29) is 5.69 Å². The van der Waals surface area contributed by atoms with Crippen LogP contribution in [0.15, 0.2) is 10.7 Å². The highest BCUT2D eigenvalue weighted by Crippen LogP contribution is 2.33. The van der Waals surface area contributed by atoms with Gasteiger partial charge < -0.3 is 10.1 Å². The van der Waals surface area contributed by atoms with Crippen LogP contribution in [-0.2, 0) is 4.74 Å². The molecule has 18 heavy (non-hydrogen) atoms. The van der Waals surface area contributed by atoms with Crippen LogP contribution in [0.5, 0.6) is 0 Å². The highest BCUT2D eigenvalue weighted by Gasteiger charge is 2.30. The van der Waals surface area contributed by atoms with Crippen molar-refractivity contribution in [2.75, 3.05) is 12.4 Å². The summed E-state index contributed by atoms with van der Waals surface area (Å²) in [7, 11) is 1.70. The Labute approximate surface area is 113 Å². The van der Waals surface area contributed by atoms with Crippen LogP contribution in [0.3, 0.4) is 0 Å². The Kier molecular flexibility index (Phi) is 3.82. The molecule has 7 heteroatoms. The number of rotatable bonds is 4. The third kappa shape index (κ3) is 2.46. The van der Waals surface area contributed by atoms with Gasteiger partial charge in [-0.15, -0.1) is 0 Å². The molecule has 6 nitrogen and oxygen atoms in total. The summed E-state index contributed by atoms with van der Waals surface area (Å²) in [6, 6.07) is 0.319. The van der Waals surface area contributed by atoms with Crippen molar-refractivity contribution < 1.29 is 9.66 Å². The summed E-state index contributed by atoms with van der Waals surface area (Å²) in [5, 5.41) is 14.0. The fraction of sp³-hybridized carbons (Fsp3) is 0.545. The van der Waals surface area contributed by atoms with Crippen LogP contribution in [0.4, 0.5) is 11.5 Å². The van der Waals surface area contributed by atoms with Crippen molar-refractivity contribution in [1.82, 2.24) is 4.98 Å². The van der Waals surface area contributed by atoms with Gasteiger partial charge in [0.25, 0.3) is 5.69 Å². The molecule has 98 valence electrons. The van der Waals surface area contributed by atoms with Crippen LogP contribution in [0.25, 0.3) is 0 Å². The first kappa shape index (κ1) is 13.2. The maximum Gasteiger partial charge on any atom is 0.291 e. The van der Waals surface area contributed by atoms with E-state index in [1.165, 1.54) is 6.20 Å². The third-order valence-electron chi connectivity index (χ3n) is 3.20. The summed E-state index contributed by atoms with van der Waals surface area (Å²) in [5.74, 6) is 0.651. The van der Waals surface area contributed by atoms with E-state index in [2.05, 4.69) is 26.2 Å². The Morgan fingerprint density at radius 1 is 1.61 bits per heavy atom. The number of hydrogen-bond donors (Lipinski definition) is 1. The van der Waals surface area contributed by atoms with Gasteiger partial charge in [0.2, 0.25) is 0 Å². The van der Waals surface area contributed by atoms with Gasteiger partial charge in [-0.1, -0.05) is 0 Å². The second-order valence-corrected chi connectivity index (χ2v) is 5.15. The number of nitrogens with zero attached hydrogens (tertiary/aromatic N) is 2. The summed E-state index contributed by atoms with van der Waals surface area (Å²) in [4.78, 5) is 14.4. The van der Waals surface area contributed by atoms with E-state index in [1.54, 1.807) is 14.0 Å². The van der Waals surface area contributed by atoms with E-state index in [9.17, 15) is 10.1 Å². The van der Waals surface area contributed by atoms with Crippen LogP contribution in [0.1, 0.15) is 18.4 Å². The summed E-state index contributed by atoms with van der Waals surface area (Å²) in [5.41, 5.74) is 0.607. The lowest BCUT2D eigenvalue weighted by Gasteiger charge is -2.35. The average Bonchev–Trinajstić information content (AvgIpc) is 2.27. The summed E-state index contributed by atoms with van der Waals surface area (Å²) in [6.45, 7) is 1.70. The molecule has 1 aliphatic carbocycles. The zero-order chi connectivity index (χ0) is 13.3. The fourth-order valence-corrected chi connectivity index (χ4v) is 2.34. The van der Waals surface area contributed by atoms with Crippen molar-refractivity contribution >= 4 is 27.4 Å². The van der Waals surface area contributed by atoms with Crippen molar-refractivity contribution in [1.29, 1.82) is 0 Å². The lowest BCUT2D eigenvalue weighted by atomic mass is 9.89. The standard InChI is InChI=1S/C11H14BrN3O3/c1-6-9(15(16)17)5-13-11(10(6)12)14-7-3-8(4-7)18-2/h5,7-8H,3-4H2,1-2H3,(H,13,14). The number of aromatic nitrogens is 1. The van der Waals surface area contributed by atoms with Gasteiger partial charge in [0, 0.05) is 18.7 Å². The molecule has 0 aliphatic heterocycles. The van der Waals surface area contributed by atoms with E-state index in [4.69, 9.17) is 4.74 Å². The van der Waals surface area contributed by atoms with Gasteiger partial charge in [-0.05, 0) is 35.7 Å². The monoisotopic (exact) mass is 315 g/mol. The van der Waals surface area contributed by atoms with E-state index in [0.717, 1.165) is 12.8 Å². The van der Waals surface area contributed by atoms with Crippen molar-refractivity contribution in [3.05, 3.63) is 26.3 Å². The number of pyridine rings is 1. The first-order chi connectivity index (χ1) is 8.52. The minimum atomic E-state index is -0.429. The second kappa shape index (κ2) is 5.19. The molecular weight excluding hydrogens is 302 g/mol. The first-order valence-corrected chi connectivity index (χ1v) is 6.41. The van der Waals surface area contributed by atoms with Crippen LogP contribution in [0.2, 0.25) is 0 Å². The number of nitro groups is 1. The maximum absolute atomic E-state index is 10.8. The smallest absolute Gasteiger partial charge is 0.291 e. The lowest BCUT2D eigenvalue weighted by molar-refractivity contribution is -0.385. The molecule has 1 N–H and O–H groups in total. The molecule has 0 bridgehead atoms. The fourth-order valence-electron chi connectivity index (χ4n) is 1.92. The number of halogens is 1. The minimum absolute atomic E-state index is 0.0239. The number of anilines is 1. The van der Waals surface area contributed by atoms with Crippen LogP contribution in [0, 0.1) is 17.0 Å². The Morgan fingerprint density at radius 2 is 2.28 bits per heavy atom. The van der Waals surface area contributed by atoms with E-state index >= 15 is 0 Å². The zero-order valence-corrected chi connectivity index (χ0v) is 11.7.